The second-order valence-corrected chi connectivity index (χ2v) is 15.7. The number of thiophene rings is 1. The Bertz CT molecular complexity index is 3040. The number of nitrogens with zero attached hydrogens (tertiary/aromatic N) is 1. The van der Waals surface area contributed by atoms with E-state index in [1.165, 1.54) is 102 Å². The first kappa shape index (κ1) is 27.2. The lowest BCUT2D eigenvalue weighted by molar-refractivity contribution is 0.724. The Morgan fingerprint density at radius 2 is 1.04 bits per heavy atom. The van der Waals surface area contributed by atoms with Crippen LogP contribution in [-0.4, -0.2) is 4.57 Å². The summed E-state index contributed by atoms with van der Waals surface area (Å²) >= 11 is 3.83. The molecule has 0 radical (unpaired) electrons. The predicted molar refractivity (Wildman–Crippen MR) is 213 cm³/mol. The van der Waals surface area contributed by atoms with Crippen molar-refractivity contribution in [1.82, 2.24) is 4.57 Å². The van der Waals surface area contributed by atoms with E-state index in [-0.39, 0.29) is 0 Å². The molecule has 0 saturated carbocycles. The van der Waals surface area contributed by atoms with Gasteiger partial charge in [-0.05, 0) is 63.0 Å². The van der Waals surface area contributed by atoms with Gasteiger partial charge in [0.1, 0.15) is 0 Å². The molecule has 3 heteroatoms. The van der Waals surface area contributed by atoms with E-state index in [2.05, 4.69) is 168 Å². The minimum atomic E-state index is -0.419. The molecule has 1 nitrogen and oxygen atoms in total. The van der Waals surface area contributed by atoms with E-state index in [4.69, 9.17) is 0 Å². The van der Waals surface area contributed by atoms with Crippen molar-refractivity contribution in [2.75, 3.05) is 0 Å². The monoisotopic (exact) mass is 669 g/mol. The first-order valence-electron chi connectivity index (χ1n) is 17.2. The third-order valence-electron chi connectivity index (χ3n) is 11.2. The zero-order valence-corrected chi connectivity index (χ0v) is 28.5. The third-order valence-corrected chi connectivity index (χ3v) is 13.6. The van der Waals surface area contributed by atoms with Crippen LogP contribution in [0.4, 0.5) is 0 Å². The smallest absolute Gasteiger partial charge is 0.0736 e. The minimum absolute atomic E-state index is 0.419. The topological polar surface area (TPSA) is 4.93 Å². The largest absolute Gasteiger partial charge is 0.307 e. The highest BCUT2D eigenvalue weighted by atomic mass is 32.2. The highest BCUT2D eigenvalue weighted by Crippen LogP contribution is 2.63. The molecule has 2 aliphatic rings. The number of rotatable bonds is 1. The molecule has 0 fully saturated rings. The lowest BCUT2D eigenvalue weighted by Gasteiger charge is -2.40. The summed E-state index contributed by atoms with van der Waals surface area (Å²) in [4.78, 5) is 2.66. The quantitative estimate of drug-likeness (QED) is 0.168. The molecule has 232 valence electrons. The fourth-order valence-electron chi connectivity index (χ4n) is 9.28. The molecule has 0 N–H and O–H groups in total. The zero-order valence-electron chi connectivity index (χ0n) is 26.9. The van der Waals surface area contributed by atoms with E-state index < -0.39 is 5.41 Å². The SMILES string of the molecule is c1ccc2c(c1)Sc1c(ccc3c4ccc5ccccc5c4n(-c4ccc5c(c4)sc4ccccc45)c13)C21c2ccccc2-c2ccccc21. The Hall–Kier alpha value is -5.61. The maximum Gasteiger partial charge on any atom is 0.0736 e. The van der Waals surface area contributed by atoms with Crippen molar-refractivity contribution in [2.24, 2.45) is 0 Å². The summed E-state index contributed by atoms with van der Waals surface area (Å²) in [5, 5.41) is 7.77. The number of hydrogen-bond acceptors (Lipinski definition) is 2. The maximum absolute atomic E-state index is 2.59. The second kappa shape index (κ2) is 9.76. The Morgan fingerprint density at radius 3 is 1.88 bits per heavy atom. The van der Waals surface area contributed by atoms with Crippen LogP contribution >= 0.6 is 23.1 Å². The van der Waals surface area contributed by atoms with Crippen LogP contribution in [0.25, 0.3) is 69.6 Å². The number of hydrogen-bond donors (Lipinski definition) is 0. The van der Waals surface area contributed by atoms with Crippen molar-refractivity contribution in [3.05, 3.63) is 186 Å². The average molecular weight is 670 g/mol. The summed E-state index contributed by atoms with van der Waals surface area (Å²) in [6, 6.07) is 61.6. The van der Waals surface area contributed by atoms with Crippen LogP contribution in [0.3, 0.4) is 0 Å². The summed E-state index contributed by atoms with van der Waals surface area (Å²) in [6.07, 6.45) is 0. The average Bonchev–Trinajstić information content (AvgIpc) is 3.82. The first-order chi connectivity index (χ1) is 24.8. The summed E-state index contributed by atoms with van der Waals surface area (Å²) in [6.45, 7) is 0. The highest BCUT2D eigenvalue weighted by Gasteiger charge is 2.50. The fraction of sp³-hybridized carbons (Fsp3) is 0.0213. The fourth-order valence-corrected chi connectivity index (χ4v) is 11.7. The molecule has 1 spiro atoms. The van der Waals surface area contributed by atoms with E-state index in [1.54, 1.807) is 0 Å². The second-order valence-electron chi connectivity index (χ2n) is 13.6. The van der Waals surface area contributed by atoms with E-state index in [1.807, 2.05) is 23.1 Å². The van der Waals surface area contributed by atoms with Gasteiger partial charge in [0.05, 0.1) is 16.4 Å². The summed E-state index contributed by atoms with van der Waals surface area (Å²) < 4.78 is 5.24. The molecule has 1 aliphatic carbocycles. The van der Waals surface area contributed by atoms with Crippen LogP contribution in [0.1, 0.15) is 22.3 Å². The van der Waals surface area contributed by atoms with E-state index in [9.17, 15) is 0 Å². The van der Waals surface area contributed by atoms with Gasteiger partial charge >= 0.3 is 0 Å². The molecule has 12 rings (SSSR count). The lowest BCUT2D eigenvalue weighted by atomic mass is 9.67. The Morgan fingerprint density at radius 1 is 0.420 bits per heavy atom. The van der Waals surface area contributed by atoms with Gasteiger partial charge in [-0.15, -0.1) is 11.3 Å². The third kappa shape index (κ3) is 3.30. The van der Waals surface area contributed by atoms with E-state index >= 15 is 0 Å². The Kier molecular flexibility index (Phi) is 5.32. The van der Waals surface area contributed by atoms with Crippen molar-refractivity contribution in [2.45, 2.75) is 15.2 Å². The van der Waals surface area contributed by atoms with Crippen molar-refractivity contribution >= 4 is 75.8 Å². The maximum atomic E-state index is 2.59. The highest BCUT2D eigenvalue weighted by molar-refractivity contribution is 7.99. The van der Waals surface area contributed by atoms with Crippen LogP contribution in [0.2, 0.25) is 0 Å². The Labute approximate surface area is 297 Å². The summed E-state index contributed by atoms with van der Waals surface area (Å²) in [7, 11) is 0. The van der Waals surface area contributed by atoms with Crippen LogP contribution in [0.5, 0.6) is 0 Å². The van der Waals surface area contributed by atoms with Gasteiger partial charge in [-0.2, -0.15) is 0 Å². The zero-order chi connectivity index (χ0) is 32.6. The molecule has 10 aromatic rings. The van der Waals surface area contributed by atoms with E-state index in [0.29, 0.717) is 0 Å². The molecule has 50 heavy (non-hydrogen) atoms. The molecule has 1 aliphatic heterocycles. The molecular formula is C47H27NS2. The first-order valence-corrected chi connectivity index (χ1v) is 18.8. The molecule has 0 amide bonds. The minimum Gasteiger partial charge on any atom is -0.307 e. The molecule has 3 heterocycles. The standard InChI is InChI=1S/C47H27NS2/c1-2-12-30-28(11-1)21-23-35-36-25-26-40-46(45(36)48(44(30)35)29-22-24-34-33-15-5-9-19-41(33)49-43(34)27-29)50-42-20-10-8-18-39(42)47(40)37-16-6-3-13-31(37)32-14-4-7-17-38(32)47/h1-27H. The number of benzene rings is 8. The summed E-state index contributed by atoms with van der Waals surface area (Å²) in [5.74, 6) is 0. The van der Waals surface area contributed by atoms with Crippen LogP contribution in [0.15, 0.2) is 174 Å². The van der Waals surface area contributed by atoms with Crippen molar-refractivity contribution in [3.63, 3.8) is 0 Å². The molecule has 0 saturated heterocycles. The molecule has 2 aromatic heterocycles. The molecular weight excluding hydrogens is 643 g/mol. The van der Waals surface area contributed by atoms with Gasteiger partial charge < -0.3 is 4.57 Å². The Balaban J connectivity index is 1.28. The van der Waals surface area contributed by atoms with Crippen molar-refractivity contribution in [1.29, 1.82) is 0 Å². The molecule has 0 bridgehead atoms. The van der Waals surface area contributed by atoms with Gasteiger partial charge in [-0.3, -0.25) is 0 Å². The van der Waals surface area contributed by atoms with Crippen molar-refractivity contribution < 1.29 is 0 Å². The van der Waals surface area contributed by atoms with Gasteiger partial charge in [-0.1, -0.05) is 151 Å². The van der Waals surface area contributed by atoms with Crippen LogP contribution in [-0.2, 0) is 5.41 Å². The predicted octanol–water partition coefficient (Wildman–Crippen LogP) is 13.1. The normalized spacial score (nSPS) is 14.1. The number of fused-ring (bicyclic) bond motifs is 18. The van der Waals surface area contributed by atoms with Crippen LogP contribution < -0.4 is 0 Å². The van der Waals surface area contributed by atoms with Crippen LogP contribution in [0, 0.1) is 0 Å². The van der Waals surface area contributed by atoms with Gasteiger partial charge in [-0.25, -0.2) is 0 Å². The number of aromatic nitrogens is 1. The molecule has 8 aromatic carbocycles. The van der Waals surface area contributed by atoms with Gasteiger partial charge in [0.15, 0.2) is 0 Å². The van der Waals surface area contributed by atoms with Gasteiger partial charge in [0.2, 0.25) is 0 Å². The molecule has 0 unspecified atom stereocenters. The molecule has 0 atom stereocenters. The van der Waals surface area contributed by atoms with Gasteiger partial charge in [0.25, 0.3) is 0 Å². The van der Waals surface area contributed by atoms with E-state index in [0.717, 1.165) is 0 Å². The lowest BCUT2D eigenvalue weighted by Crippen LogP contribution is -2.32. The van der Waals surface area contributed by atoms with Gasteiger partial charge in [0, 0.05) is 51.8 Å². The van der Waals surface area contributed by atoms with Crippen molar-refractivity contribution in [3.8, 4) is 16.8 Å². The summed E-state index contributed by atoms with van der Waals surface area (Å²) in [5.41, 5.74) is 11.5.